The monoisotopic (exact) mass is 242 g/mol. The summed E-state index contributed by atoms with van der Waals surface area (Å²) in [5.74, 6) is 4.72. The molecule has 5 nitrogen and oxygen atoms in total. The summed E-state index contributed by atoms with van der Waals surface area (Å²) in [5.41, 5.74) is 3.00. The van der Waals surface area contributed by atoms with E-state index in [0.717, 1.165) is 18.8 Å². The molecular formula is C10H18N4OS. The second-order valence-corrected chi connectivity index (χ2v) is 4.63. The van der Waals surface area contributed by atoms with E-state index >= 15 is 0 Å². The predicted molar refractivity (Wildman–Crippen MR) is 65.0 cm³/mol. The first-order valence-electron chi connectivity index (χ1n) is 5.27. The highest BCUT2D eigenvalue weighted by Gasteiger charge is 2.13. The zero-order valence-electron chi connectivity index (χ0n) is 9.86. The second kappa shape index (κ2) is 5.93. The topological polar surface area (TPSA) is 71.2 Å². The highest BCUT2D eigenvalue weighted by Crippen LogP contribution is 2.12. The number of carbonyl (C=O) groups is 1. The van der Waals surface area contributed by atoms with Gasteiger partial charge >= 0.3 is 0 Å². The first-order valence-corrected chi connectivity index (χ1v) is 6.15. The highest BCUT2D eigenvalue weighted by atomic mass is 32.1. The molecule has 0 saturated heterocycles. The van der Waals surface area contributed by atoms with Crippen LogP contribution in [0, 0.1) is 0 Å². The van der Waals surface area contributed by atoms with Crippen LogP contribution in [-0.4, -0.2) is 28.4 Å². The van der Waals surface area contributed by atoms with Gasteiger partial charge in [0.1, 0.15) is 0 Å². The number of hydrazine groups is 1. The minimum Gasteiger partial charge on any atom is -0.295 e. The van der Waals surface area contributed by atoms with E-state index < -0.39 is 0 Å². The molecule has 0 aliphatic carbocycles. The Morgan fingerprint density at radius 2 is 2.38 bits per heavy atom. The molecule has 0 aliphatic heterocycles. The Morgan fingerprint density at radius 1 is 1.69 bits per heavy atom. The van der Waals surface area contributed by atoms with Gasteiger partial charge in [-0.1, -0.05) is 6.92 Å². The van der Waals surface area contributed by atoms with Crippen molar-refractivity contribution in [3.63, 3.8) is 0 Å². The fourth-order valence-electron chi connectivity index (χ4n) is 1.41. The smallest absolute Gasteiger partial charge is 0.294 e. The van der Waals surface area contributed by atoms with E-state index in [4.69, 9.17) is 5.84 Å². The molecule has 0 fully saturated rings. The van der Waals surface area contributed by atoms with Crippen molar-refractivity contribution >= 4 is 17.2 Å². The van der Waals surface area contributed by atoms with E-state index in [-0.39, 0.29) is 5.91 Å². The van der Waals surface area contributed by atoms with Crippen LogP contribution in [0.3, 0.4) is 0 Å². The molecule has 1 aromatic rings. The van der Waals surface area contributed by atoms with Crippen LogP contribution in [0.2, 0.25) is 0 Å². The van der Waals surface area contributed by atoms with Gasteiger partial charge in [0.15, 0.2) is 5.01 Å². The predicted octanol–water partition coefficient (Wildman–Crippen LogP) is 0.977. The summed E-state index contributed by atoms with van der Waals surface area (Å²) >= 11 is 1.32. The number of aromatic nitrogens is 1. The number of amides is 1. The van der Waals surface area contributed by atoms with Gasteiger partial charge in [0, 0.05) is 18.0 Å². The maximum absolute atomic E-state index is 11.2. The number of hydrogen-bond acceptors (Lipinski definition) is 5. The molecule has 0 aromatic carbocycles. The molecule has 0 atom stereocenters. The third kappa shape index (κ3) is 3.26. The zero-order chi connectivity index (χ0) is 12.1. The van der Waals surface area contributed by atoms with Crippen LogP contribution in [0.25, 0.3) is 0 Å². The molecule has 0 saturated carbocycles. The van der Waals surface area contributed by atoms with E-state index in [1.54, 1.807) is 0 Å². The van der Waals surface area contributed by atoms with Crippen molar-refractivity contribution in [1.29, 1.82) is 0 Å². The van der Waals surface area contributed by atoms with Crippen LogP contribution in [0.5, 0.6) is 0 Å². The number of hydrogen-bond donors (Lipinski definition) is 2. The van der Waals surface area contributed by atoms with Crippen molar-refractivity contribution < 1.29 is 4.79 Å². The number of carbonyl (C=O) groups excluding carboxylic acids is 1. The van der Waals surface area contributed by atoms with Gasteiger partial charge in [-0.15, -0.1) is 11.3 Å². The van der Waals surface area contributed by atoms with Gasteiger partial charge in [-0.05, 0) is 20.4 Å². The highest BCUT2D eigenvalue weighted by molar-refractivity contribution is 7.11. The molecule has 6 heteroatoms. The number of nitrogens with one attached hydrogen (secondary N) is 1. The Bertz CT molecular complexity index is 350. The number of nitrogen functional groups attached to an aromatic ring is 1. The Morgan fingerprint density at radius 3 is 2.88 bits per heavy atom. The molecule has 90 valence electrons. The van der Waals surface area contributed by atoms with E-state index in [9.17, 15) is 4.79 Å². The summed E-state index contributed by atoms with van der Waals surface area (Å²) in [5, 5.41) is 2.31. The summed E-state index contributed by atoms with van der Waals surface area (Å²) < 4.78 is 0. The Labute approximate surface area is 99.6 Å². The fraction of sp³-hybridized carbons (Fsp3) is 0.600. The summed E-state index contributed by atoms with van der Waals surface area (Å²) in [6.45, 7) is 8.13. The first-order chi connectivity index (χ1) is 7.58. The van der Waals surface area contributed by atoms with Gasteiger partial charge < -0.3 is 0 Å². The lowest BCUT2D eigenvalue weighted by Crippen LogP contribution is -2.31. The number of nitrogens with zero attached hydrogens (tertiary/aromatic N) is 2. The minimum atomic E-state index is -0.330. The lowest BCUT2D eigenvalue weighted by atomic mass is 10.3. The maximum atomic E-state index is 11.2. The number of rotatable bonds is 5. The molecule has 0 radical (unpaired) electrons. The zero-order valence-corrected chi connectivity index (χ0v) is 10.7. The van der Waals surface area contributed by atoms with Crippen LogP contribution in [-0.2, 0) is 6.54 Å². The van der Waals surface area contributed by atoms with Crippen molar-refractivity contribution in [2.75, 3.05) is 6.54 Å². The summed E-state index contributed by atoms with van der Waals surface area (Å²) in [4.78, 5) is 17.7. The molecule has 16 heavy (non-hydrogen) atoms. The molecule has 3 N–H and O–H groups in total. The first kappa shape index (κ1) is 13.1. The third-order valence-electron chi connectivity index (χ3n) is 2.38. The summed E-state index contributed by atoms with van der Waals surface area (Å²) in [6, 6.07) is 0.471. The average Bonchev–Trinajstić information content (AvgIpc) is 2.72. The largest absolute Gasteiger partial charge is 0.295 e. The lowest BCUT2D eigenvalue weighted by Gasteiger charge is -2.23. The van der Waals surface area contributed by atoms with Crippen molar-refractivity contribution in [3.05, 3.63) is 16.1 Å². The van der Waals surface area contributed by atoms with Crippen molar-refractivity contribution in [1.82, 2.24) is 15.3 Å². The van der Waals surface area contributed by atoms with E-state index in [2.05, 4.69) is 36.1 Å². The standard InChI is InChI=1S/C10H18N4OS/c1-4-14(7(2)3)5-8-6-16-10(12-8)9(15)13-11/h6-7H,4-5,11H2,1-3H3,(H,13,15). The Kier molecular flexibility index (Phi) is 4.85. The van der Waals surface area contributed by atoms with E-state index in [1.165, 1.54) is 11.3 Å². The number of thiazole rings is 1. The fourth-order valence-corrected chi connectivity index (χ4v) is 2.12. The molecule has 0 aliphatic rings. The molecule has 1 rings (SSSR count). The maximum Gasteiger partial charge on any atom is 0.294 e. The Balaban J connectivity index is 2.67. The SMILES string of the molecule is CCN(Cc1csc(C(=O)NN)n1)C(C)C. The second-order valence-electron chi connectivity index (χ2n) is 3.77. The van der Waals surface area contributed by atoms with Crippen LogP contribution in [0.4, 0.5) is 0 Å². The lowest BCUT2D eigenvalue weighted by molar-refractivity contribution is 0.0953. The van der Waals surface area contributed by atoms with Crippen LogP contribution >= 0.6 is 11.3 Å². The van der Waals surface area contributed by atoms with E-state index in [1.807, 2.05) is 5.38 Å². The van der Waals surface area contributed by atoms with Gasteiger partial charge in [-0.2, -0.15) is 0 Å². The Hall–Kier alpha value is -0.980. The number of nitrogens with two attached hydrogens (primary N) is 1. The molecule has 1 heterocycles. The molecule has 0 bridgehead atoms. The van der Waals surface area contributed by atoms with Gasteiger partial charge in [0.2, 0.25) is 0 Å². The summed E-state index contributed by atoms with van der Waals surface area (Å²) in [7, 11) is 0. The normalized spacial score (nSPS) is 11.1. The van der Waals surface area contributed by atoms with Crippen LogP contribution in [0.15, 0.2) is 5.38 Å². The van der Waals surface area contributed by atoms with E-state index in [0.29, 0.717) is 11.0 Å². The average molecular weight is 242 g/mol. The van der Waals surface area contributed by atoms with Gasteiger partial charge in [-0.3, -0.25) is 15.1 Å². The van der Waals surface area contributed by atoms with Crippen molar-refractivity contribution in [2.45, 2.75) is 33.4 Å². The van der Waals surface area contributed by atoms with Gasteiger partial charge in [0.05, 0.1) is 5.69 Å². The molecular weight excluding hydrogens is 224 g/mol. The third-order valence-corrected chi connectivity index (χ3v) is 3.27. The van der Waals surface area contributed by atoms with Gasteiger partial charge in [-0.25, -0.2) is 10.8 Å². The summed E-state index contributed by atoms with van der Waals surface area (Å²) in [6.07, 6.45) is 0. The minimum absolute atomic E-state index is 0.330. The molecule has 0 spiro atoms. The molecule has 0 unspecified atom stereocenters. The van der Waals surface area contributed by atoms with Crippen molar-refractivity contribution in [2.24, 2.45) is 5.84 Å². The van der Waals surface area contributed by atoms with Crippen LogP contribution in [0.1, 0.15) is 36.3 Å². The molecule has 1 amide bonds. The van der Waals surface area contributed by atoms with Crippen molar-refractivity contribution in [3.8, 4) is 0 Å². The van der Waals surface area contributed by atoms with Crippen LogP contribution < -0.4 is 11.3 Å². The quantitative estimate of drug-likeness (QED) is 0.458. The molecule has 1 aromatic heterocycles. The van der Waals surface area contributed by atoms with Gasteiger partial charge in [0.25, 0.3) is 5.91 Å².